The van der Waals surface area contributed by atoms with Crippen LogP contribution in [-0.4, -0.2) is 148 Å². The number of carbonyl (C=O) groups is 1. The van der Waals surface area contributed by atoms with E-state index in [0.717, 1.165) is 138 Å². The zero-order valence-electron chi connectivity index (χ0n) is 60.2. The summed E-state index contributed by atoms with van der Waals surface area (Å²) in [6.45, 7) is 21.1. The highest BCUT2D eigenvalue weighted by molar-refractivity contribution is 6.36. The Morgan fingerprint density at radius 2 is 0.882 bits per heavy atom. The van der Waals surface area contributed by atoms with Crippen molar-refractivity contribution in [3.63, 3.8) is 0 Å². The van der Waals surface area contributed by atoms with E-state index in [-0.39, 0.29) is 5.69 Å². The minimum atomic E-state index is -1.13. The second kappa shape index (κ2) is 29.0. The Labute approximate surface area is 601 Å². The molecule has 530 valence electrons. The summed E-state index contributed by atoms with van der Waals surface area (Å²) in [4.78, 5) is 46.1. The zero-order chi connectivity index (χ0) is 72.0. The van der Waals surface area contributed by atoms with Gasteiger partial charge in [0, 0.05) is 206 Å². The van der Waals surface area contributed by atoms with Crippen LogP contribution in [0.5, 0.6) is 0 Å². The van der Waals surface area contributed by atoms with E-state index in [1.54, 1.807) is 56.2 Å². The van der Waals surface area contributed by atoms with Crippen molar-refractivity contribution >= 4 is 61.3 Å². The van der Waals surface area contributed by atoms with Crippen molar-refractivity contribution in [1.82, 2.24) is 67.8 Å². The summed E-state index contributed by atoms with van der Waals surface area (Å²) in [7, 11) is 8.57. The molecule has 4 aliphatic rings. The molecule has 16 rings (SSSR count). The van der Waals surface area contributed by atoms with Crippen LogP contribution >= 0.6 is 11.6 Å². The molecular weight excluding hydrogens is 1300 g/mol. The summed E-state index contributed by atoms with van der Waals surface area (Å²) in [6, 6.07) is 31.5. The van der Waals surface area contributed by atoms with Crippen molar-refractivity contribution in [1.29, 1.82) is 0 Å². The van der Waals surface area contributed by atoms with Crippen LogP contribution in [0.3, 0.4) is 0 Å². The van der Waals surface area contributed by atoms with E-state index in [2.05, 4.69) is 145 Å². The number of aromatic nitrogens is 10. The predicted octanol–water partition coefficient (Wildman–Crippen LogP) is 10.9. The molecule has 21 heteroatoms. The lowest BCUT2D eigenvalue weighted by Gasteiger charge is -2.28. The number of nitrogens with zero attached hydrogens (tertiary/aromatic N) is 14. The third kappa shape index (κ3) is 14.5. The number of aliphatic hydroxyl groups is 4. The largest absolute Gasteiger partial charge is 0.384 e. The van der Waals surface area contributed by atoms with Gasteiger partial charge in [-0.25, -0.2) is 0 Å². The van der Waals surface area contributed by atoms with Gasteiger partial charge < -0.3 is 64.0 Å². The molecule has 102 heavy (non-hydrogen) atoms. The molecule has 0 saturated carbocycles. The van der Waals surface area contributed by atoms with Gasteiger partial charge >= 0.3 is 0 Å². The molecule has 14 heterocycles. The number of nitrogens with two attached hydrogens (primary N) is 1. The van der Waals surface area contributed by atoms with Crippen molar-refractivity contribution < 1.29 is 25.2 Å². The molecular formula is C81H94ClN15O5. The number of primary amides is 1. The lowest BCUT2D eigenvalue weighted by atomic mass is 9.97. The van der Waals surface area contributed by atoms with Crippen LogP contribution in [-0.2, 0) is 100 Å². The van der Waals surface area contributed by atoms with Gasteiger partial charge in [0.05, 0.1) is 59.5 Å². The quantitative estimate of drug-likeness (QED) is 0.0722. The number of fused-ring (bicyclic) bond motifs is 12. The average molecular weight is 1390 g/mol. The Balaban J connectivity index is 0.000000122. The summed E-state index contributed by atoms with van der Waals surface area (Å²) < 4.78 is 9.00. The van der Waals surface area contributed by atoms with Crippen LogP contribution in [0.25, 0.3) is 43.7 Å². The number of carbonyl (C=O) groups excluding carboxylic acids is 1. The lowest BCUT2D eigenvalue weighted by molar-refractivity contribution is 0.0377. The van der Waals surface area contributed by atoms with Crippen LogP contribution in [0.4, 0.5) is 0 Å². The molecule has 12 aromatic rings. The molecule has 0 spiro atoms. The minimum absolute atomic E-state index is 0.196. The zero-order valence-corrected chi connectivity index (χ0v) is 61.0. The summed E-state index contributed by atoms with van der Waals surface area (Å²) in [5.74, 6) is -0.573. The highest BCUT2D eigenvalue weighted by Crippen LogP contribution is 2.41. The molecule has 0 saturated heterocycles. The van der Waals surface area contributed by atoms with Gasteiger partial charge in [-0.2, -0.15) is 0 Å². The molecule has 1 amide bonds. The SMILES string of the molecule is CN1CCc2c(c3ccncc3n2CC(C)(O)c2cccnc2)C1.CN1CCc2c(c3ncccc3n2CC(C)(O)c2cccnc2)C1.Cc1ccc2c(c1)c1c(n2CC(C)(O)c2ccc(C(N)=O)nc2)CCN(C)C1.Cc1ccc2c(c1Cl)c1c(n2CC(C)(O)c2cccnc2)CCN(C)C1. The van der Waals surface area contributed by atoms with Gasteiger partial charge in [-0.1, -0.05) is 53.6 Å². The first kappa shape index (κ1) is 71.3. The Morgan fingerprint density at radius 1 is 0.451 bits per heavy atom. The van der Waals surface area contributed by atoms with Gasteiger partial charge in [0.25, 0.3) is 5.91 Å². The second-order valence-electron chi connectivity index (χ2n) is 29.5. The Bertz CT molecular complexity index is 4860. The molecule has 20 nitrogen and oxygen atoms in total. The van der Waals surface area contributed by atoms with Crippen LogP contribution in [0.2, 0.25) is 5.02 Å². The predicted molar refractivity (Wildman–Crippen MR) is 402 cm³/mol. The van der Waals surface area contributed by atoms with Crippen molar-refractivity contribution in [2.75, 3.05) is 54.4 Å². The number of hydrogen-bond donors (Lipinski definition) is 5. The van der Waals surface area contributed by atoms with E-state index in [1.165, 1.54) is 67.6 Å². The van der Waals surface area contributed by atoms with Gasteiger partial charge in [0.15, 0.2) is 0 Å². The Morgan fingerprint density at radius 3 is 1.38 bits per heavy atom. The molecule has 6 N–H and O–H groups in total. The first-order valence-corrected chi connectivity index (χ1v) is 35.5. The number of pyridine rings is 6. The Kier molecular flexibility index (Phi) is 20.3. The third-order valence-electron chi connectivity index (χ3n) is 21.1. The molecule has 0 bridgehead atoms. The smallest absolute Gasteiger partial charge is 0.267 e. The fourth-order valence-corrected chi connectivity index (χ4v) is 15.7. The number of halogens is 1. The molecule has 10 aromatic heterocycles. The molecule has 4 atom stereocenters. The topological polar surface area (TPSA) is 234 Å². The minimum Gasteiger partial charge on any atom is -0.384 e. The van der Waals surface area contributed by atoms with E-state index in [4.69, 9.17) is 17.3 Å². The number of aryl methyl sites for hydroxylation is 2. The maximum atomic E-state index is 11.3. The molecule has 0 aliphatic carbocycles. The second-order valence-corrected chi connectivity index (χ2v) is 29.9. The summed E-state index contributed by atoms with van der Waals surface area (Å²) in [5.41, 5.74) is 22.8. The summed E-state index contributed by atoms with van der Waals surface area (Å²) >= 11 is 6.71. The van der Waals surface area contributed by atoms with E-state index < -0.39 is 28.3 Å². The van der Waals surface area contributed by atoms with E-state index in [9.17, 15) is 25.2 Å². The van der Waals surface area contributed by atoms with Crippen LogP contribution in [0, 0.1) is 13.8 Å². The highest BCUT2D eigenvalue weighted by atomic mass is 35.5. The van der Waals surface area contributed by atoms with E-state index in [0.29, 0.717) is 31.7 Å². The highest BCUT2D eigenvalue weighted by Gasteiger charge is 2.35. The maximum Gasteiger partial charge on any atom is 0.267 e. The fraction of sp³-hybridized carbons (Fsp3) is 0.370. The number of rotatable bonds is 13. The van der Waals surface area contributed by atoms with Crippen molar-refractivity contribution in [2.24, 2.45) is 5.73 Å². The fourth-order valence-electron chi connectivity index (χ4n) is 15.5. The van der Waals surface area contributed by atoms with Crippen LogP contribution < -0.4 is 5.73 Å². The van der Waals surface area contributed by atoms with Gasteiger partial charge in [0.2, 0.25) is 0 Å². The van der Waals surface area contributed by atoms with Gasteiger partial charge in [-0.3, -0.25) is 34.7 Å². The third-order valence-corrected chi connectivity index (χ3v) is 21.6. The maximum absolute atomic E-state index is 11.3. The van der Waals surface area contributed by atoms with Crippen molar-refractivity contribution in [3.05, 3.63) is 248 Å². The molecule has 0 radical (unpaired) electrons. The number of hydrogen-bond acceptors (Lipinski definition) is 15. The first-order chi connectivity index (χ1) is 48.8. The van der Waals surface area contributed by atoms with E-state index in [1.807, 2.05) is 88.8 Å². The van der Waals surface area contributed by atoms with Gasteiger partial charge in [0.1, 0.15) is 28.1 Å². The molecule has 2 aromatic carbocycles. The normalized spacial score (nSPS) is 17.3. The van der Waals surface area contributed by atoms with Crippen molar-refractivity contribution in [2.45, 2.75) is 142 Å². The standard InChI is InChI=1S/C22H26N4O2.C21H24ClN3O.2C19H22N4O/c1-14-4-7-19-16(10-14)17-12-25(3)9-8-20(17)26(19)13-22(2,28)15-5-6-18(21(23)27)24-11-15;1-14-6-7-18-19(20(14)22)16-12-24(3)10-8-17(16)25(18)13-21(2,26)15-5-4-9-23-11-15;1-19(24,14-5-3-8-20-11-14)13-23-16-7-10-22(2)12-15(16)18-17(23)6-4-9-21-18;1-19(24,14-4-3-7-20-10-14)13-23-17-6-9-22(2)12-16(17)15-5-8-21-11-18(15)23/h4-7,10-11,28H,8-9,12-13H2,1-3H3,(H2,23,27);4-7,9,11,26H,8,10,12-13H2,1-3H3;3-6,8-9,11,24H,7,10,12-13H2,1-2H3;3-5,7-8,10-11,24H,6,9,12-13H2,1-2H3. The number of amides is 1. The first-order valence-electron chi connectivity index (χ1n) is 35.2. The van der Waals surface area contributed by atoms with E-state index >= 15 is 0 Å². The van der Waals surface area contributed by atoms with Gasteiger partial charge in [-0.05, 0) is 153 Å². The lowest BCUT2D eigenvalue weighted by Crippen LogP contribution is -2.31. The monoisotopic (exact) mass is 1390 g/mol. The average Bonchev–Trinajstić information content (AvgIpc) is 1.62. The number of likely N-dealkylation sites (N-methyl/N-ethyl adjacent to an activating group) is 4. The summed E-state index contributed by atoms with van der Waals surface area (Å²) in [5, 5.41) is 49.1. The number of benzene rings is 2. The van der Waals surface area contributed by atoms with Crippen LogP contribution in [0.1, 0.15) is 117 Å². The van der Waals surface area contributed by atoms with Crippen molar-refractivity contribution in [3.8, 4) is 0 Å². The van der Waals surface area contributed by atoms with Gasteiger partial charge in [-0.15, -0.1) is 0 Å². The Hall–Kier alpha value is -9.06. The van der Waals surface area contributed by atoms with Crippen LogP contribution in [0.15, 0.2) is 159 Å². The molecule has 4 unspecified atom stereocenters. The molecule has 0 fully saturated rings. The molecule has 4 aliphatic heterocycles. The summed E-state index contributed by atoms with van der Waals surface area (Å²) in [6.07, 6.45) is 21.4.